The summed E-state index contributed by atoms with van der Waals surface area (Å²) in [7, 11) is 2.22. The molecule has 2 heterocycles. The molecule has 0 amide bonds. The highest BCUT2D eigenvalue weighted by Crippen LogP contribution is 2.09. The fourth-order valence-electron chi connectivity index (χ4n) is 2.04. The number of likely N-dealkylation sites (tertiary alicyclic amines) is 1. The first-order chi connectivity index (χ1) is 5.84. The molecule has 0 aromatic heterocycles. The molecule has 0 spiro atoms. The maximum Gasteiger partial charge on any atom is 0.0320 e. The highest BCUT2D eigenvalue weighted by molar-refractivity contribution is 4.87. The Morgan fingerprint density at radius 1 is 1.33 bits per heavy atom. The highest BCUT2D eigenvalue weighted by Gasteiger charge is 2.23. The van der Waals surface area contributed by atoms with Gasteiger partial charge in [-0.2, -0.15) is 0 Å². The lowest BCUT2D eigenvalue weighted by Gasteiger charge is -2.36. The van der Waals surface area contributed by atoms with Gasteiger partial charge in [0.05, 0.1) is 0 Å². The Morgan fingerprint density at radius 3 is 2.75 bits per heavy atom. The Balaban J connectivity index is 1.71. The minimum Gasteiger partial charge on any atom is -0.314 e. The molecule has 0 aromatic carbocycles. The van der Waals surface area contributed by atoms with Gasteiger partial charge in [-0.25, -0.2) is 0 Å². The first-order valence-electron chi connectivity index (χ1n) is 5.00. The number of nitrogens with zero attached hydrogens (tertiary/aromatic N) is 1. The zero-order chi connectivity index (χ0) is 8.39. The van der Waals surface area contributed by atoms with E-state index in [1.54, 1.807) is 0 Å². The molecule has 70 valence electrons. The van der Waals surface area contributed by atoms with E-state index in [2.05, 4.69) is 22.6 Å². The number of likely N-dealkylation sites (N-methyl/N-ethyl adjacent to an activating group) is 1. The van der Waals surface area contributed by atoms with Gasteiger partial charge in [0.2, 0.25) is 0 Å². The third-order valence-electron chi connectivity index (χ3n) is 2.88. The highest BCUT2D eigenvalue weighted by atomic mass is 15.2. The predicted molar refractivity (Wildman–Crippen MR) is 50.3 cm³/mol. The van der Waals surface area contributed by atoms with Gasteiger partial charge in [0.1, 0.15) is 0 Å². The van der Waals surface area contributed by atoms with Gasteiger partial charge in [-0.1, -0.05) is 0 Å². The Labute approximate surface area is 74.5 Å². The normalized spacial score (nSPS) is 33.2. The van der Waals surface area contributed by atoms with Gasteiger partial charge < -0.3 is 15.5 Å². The molecule has 2 fully saturated rings. The fourth-order valence-corrected chi connectivity index (χ4v) is 2.04. The van der Waals surface area contributed by atoms with Crippen molar-refractivity contribution in [1.29, 1.82) is 0 Å². The minimum atomic E-state index is 0.746. The maximum absolute atomic E-state index is 3.68. The molecule has 0 saturated carbocycles. The van der Waals surface area contributed by atoms with Crippen molar-refractivity contribution >= 4 is 0 Å². The van der Waals surface area contributed by atoms with Gasteiger partial charge in [0.15, 0.2) is 0 Å². The van der Waals surface area contributed by atoms with Gasteiger partial charge in [0, 0.05) is 31.7 Å². The third-order valence-corrected chi connectivity index (χ3v) is 2.88. The van der Waals surface area contributed by atoms with Gasteiger partial charge in [0.25, 0.3) is 0 Å². The molecule has 0 radical (unpaired) electrons. The van der Waals surface area contributed by atoms with E-state index in [4.69, 9.17) is 0 Å². The first-order valence-corrected chi connectivity index (χ1v) is 5.00. The quantitative estimate of drug-likeness (QED) is 0.591. The first kappa shape index (κ1) is 8.48. The van der Waals surface area contributed by atoms with Crippen LogP contribution in [0.15, 0.2) is 0 Å². The second-order valence-corrected chi connectivity index (χ2v) is 4.12. The Hall–Kier alpha value is -0.120. The van der Waals surface area contributed by atoms with Crippen LogP contribution in [-0.4, -0.2) is 50.2 Å². The van der Waals surface area contributed by atoms with Crippen LogP contribution in [0.25, 0.3) is 0 Å². The van der Waals surface area contributed by atoms with Crippen molar-refractivity contribution in [2.24, 2.45) is 0 Å². The van der Waals surface area contributed by atoms with Crippen LogP contribution in [0.4, 0.5) is 0 Å². The Bertz CT molecular complexity index is 145. The van der Waals surface area contributed by atoms with Gasteiger partial charge in [-0.3, -0.25) is 0 Å². The molecule has 2 aliphatic rings. The van der Waals surface area contributed by atoms with Crippen LogP contribution in [-0.2, 0) is 0 Å². The number of hydrogen-bond acceptors (Lipinski definition) is 3. The lowest BCUT2D eigenvalue weighted by molar-refractivity contribution is 0.202. The predicted octanol–water partition coefficient (Wildman–Crippen LogP) is -0.358. The van der Waals surface area contributed by atoms with Crippen LogP contribution in [0.5, 0.6) is 0 Å². The smallest absolute Gasteiger partial charge is 0.0320 e. The molecule has 0 bridgehead atoms. The molecule has 2 saturated heterocycles. The van der Waals surface area contributed by atoms with Crippen LogP contribution in [0, 0.1) is 0 Å². The van der Waals surface area contributed by atoms with Gasteiger partial charge in [-0.05, 0) is 26.4 Å². The van der Waals surface area contributed by atoms with E-state index in [1.165, 1.54) is 39.0 Å². The van der Waals surface area contributed by atoms with Crippen molar-refractivity contribution in [2.45, 2.75) is 24.9 Å². The van der Waals surface area contributed by atoms with E-state index in [1.807, 2.05) is 0 Å². The zero-order valence-corrected chi connectivity index (χ0v) is 7.84. The molecule has 2 rings (SSSR count). The molecule has 0 aromatic rings. The van der Waals surface area contributed by atoms with Crippen LogP contribution in [0.3, 0.4) is 0 Å². The lowest BCUT2D eigenvalue weighted by Crippen LogP contribution is -2.60. The molecule has 2 aliphatic heterocycles. The van der Waals surface area contributed by atoms with E-state index >= 15 is 0 Å². The Kier molecular flexibility index (Phi) is 2.63. The Morgan fingerprint density at radius 2 is 2.17 bits per heavy atom. The summed E-state index contributed by atoms with van der Waals surface area (Å²) < 4.78 is 0. The van der Waals surface area contributed by atoms with Crippen LogP contribution in [0.1, 0.15) is 12.8 Å². The van der Waals surface area contributed by atoms with Crippen molar-refractivity contribution in [3.8, 4) is 0 Å². The van der Waals surface area contributed by atoms with E-state index in [0.29, 0.717) is 0 Å². The average molecular weight is 169 g/mol. The average Bonchev–Trinajstić information content (AvgIpc) is 1.97. The molecule has 3 nitrogen and oxygen atoms in total. The number of nitrogens with one attached hydrogen (secondary N) is 2. The lowest BCUT2D eigenvalue weighted by atomic mass is 10.0. The van der Waals surface area contributed by atoms with E-state index in [9.17, 15) is 0 Å². The van der Waals surface area contributed by atoms with E-state index in [0.717, 1.165) is 12.1 Å². The summed E-state index contributed by atoms with van der Waals surface area (Å²) in [5.74, 6) is 0. The number of rotatable bonds is 2. The number of hydrogen-bond donors (Lipinski definition) is 2. The van der Waals surface area contributed by atoms with Crippen molar-refractivity contribution in [3.63, 3.8) is 0 Å². The van der Waals surface area contributed by atoms with E-state index in [-0.39, 0.29) is 0 Å². The van der Waals surface area contributed by atoms with Crippen molar-refractivity contribution in [3.05, 3.63) is 0 Å². The molecular weight excluding hydrogens is 150 g/mol. The topological polar surface area (TPSA) is 27.3 Å². The summed E-state index contributed by atoms with van der Waals surface area (Å²) in [5, 5.41) is 6.97. The molecular formula is C9H19N3. The molecule has 1 atom stereocenters. The SMILES string of the molecule is CN1CCCC(NC2CNC2)C1. The molecule has 0 aliphatic carbocycles. The standard InChI is InChI=1S/C9H19N3/c1-12-4-2-3-8(7-12)11-9-5-10-6-9/h8-11H,2-7H2,1H3. The van der Waals surface area contributed by atoms with Gasteiger partial charge >= 0.3 is 0 Å². The largest absolute Gasteiger partial charge is 0.314 e. The summed E-state index contributed by atoms with van der Waals surface area (Å²) in [4.78, 5) is 2.42. The molecule has 1 unspecified atom stereocenters. The van der Waals surface area contributed by atoms with Crippen molar-refractivity contribution in [1.82, 2.24) is 15.5 Å². The van der Waals surface area contributed by atoms with Gasteiger partial charge in [-0.15, -0.1) is 0 Å². The zero-order valence-electron chi connectivity index (χ0n) is 7.84. The molecule has 12 heavy (non-hydrogen) atoms. The van der Waals surface area contributed by atoms with Crippen LogP contribution >= 0.6 is 0 Å². The van der Waals surface area contributed by atoms with Crippen molar-refractivity contribution < 1.29 is 0 Å². The second-order valence-electron chi connectivity index (χ2n) is 4.12. The summed E-state index contributed by atoms with van der Waals surface area (Å²) in [6, 6.07) is 1.50. The maximum atomic E-state index is 3.68. The minimum absolute atomic E-state index is 0.746. The van der Waals surface area contributed by atoms with Crippen molar-refractivity contribution in [2.75, 3.05) is 33.2 Å². The second kappa shape index (κ2) is 3.73. The van der Waals surface area contributed by atoms with Crippen LogP contribution < -0.4 is 10.6 Å². The summed E-state index contributed by atoms with van der Waals surface area (Å²) in [6.45, 7) is 4.85. The molecule has 3 heteroatoms. The number of piperidine rings is 1. The fraction of sp³-hybridized carbons (Fsp3) is 1.00. The summed E-state index contributed by atoms with van der Waals surface area (Å²) in [6.07, 6.45) is 2.72. The van der Waals surface area contributed by atoms with E-state index < -0.39 is 0 Å². The summed E-state index contributed by atoms with van der Waals surface area (Å²) in [5.41, 5.74) is 0. The monoisotopic (exact) mass is 169 g/mol. The summed E-state index contributed by atoms with van der Waals surface area (Å²) >= 11 is 0. The van der Waals surface area contributed by atoms with Crippen LogP contribution in [0.2, 0.25) is 0 Å². The third kappa shape index (κ3) is 1.97. The molecule has 2 N–H and O–H groups in total.